The van der Waals surface area contributed by atoms with Crippen molar-refractivity contribution < 1.29 is 37.0 Å². The van der Waals surface area contributed by atoms with E-state index >= 15 is 0 Å². The Morgan fingerprint density at radius 2 is 2.03 bits per heavy atom. The van der Waals surface area contributed by atoms with Crippen LogP contribution < -0.4 is 15.4 Å². The van der Waals surface area contributed by atoms with Crippen molar-refractivity contribution in [1.82, 2.24) is 10.2 Å². The first-order chi connectivity index (χ1) is 16.6. The van der Waals surface area contributed by atoms with Crippen LogP contribution in [0.3, 0.4) is 0 Å². The lowest BCUT2D eigenvalue weighted by atomic mass is 9.94. The molecule has 3 amide bonds. The number of carbonyl (C=O) groups is 3. The Hall–Kier alpha value is -3.12. The summed E-state index contributed by atoms with van der Waals surface area (Å²) in [6.45, 7) is -1.30. The number of likely N-dealkylation sites (N-methyl/N-ethyl adjacent to an activating group) is 1. The molecule has 1 fully saturated rings. The molecule has 0 spiro atoms. The van der Waals surface area contributed by atoms with Crippen molar-refractivity contribution in [2.75, 3.05) is 25.5 Å². The van der Waals surface area contributed by atoms with Crippen molar-refractivity contribution >= 4 is 34.7 Å². The van der Waals surface area contributed by atoms with Gasteiger partial charge in [0.05, 0.1) is 29.0 Å². The third-order valence-electron chi connectivity index (χ3n) is 5.91. The zero-order valence-corrected chi connectivity index (χ0v) is 19.6. The number of alkyl halides is 3. The molecule has 1 aromatic carbocycles. The standard InChI is InChI=1S/C23H24F3N3O5S/c1-29-16-6-5-14(10-20(30)27-12-23(24,25)26)34-18(16)11-33-17-7-4-13(9-15(17)22(29)32)28-21(31)19-3-2-8-35-19/h2-4,7-9,14,16,18H,5-6,10-12H2,1H3,(H,27,30)(H,28,31)/t14-,16+,18+/m1/s1. The second kappa shape index (κ2) is 10.2. The minimum absolute atomic E-state index is 0.0941. The highest BCUT2D eigenvalue weighted by Crippen LogP contribution is 2.32. The van der Waals surface area contributed by atoms with E-state index in [-0.39, 0.29) is 30.9 Å². The molecule has 1 aromatic heterocycles. The number of rotatable bonds is 5. The molecule has 0 unspecified atom stereocenters. The average molecular weight is 512 g/mol. The normalized spacial score (nSPS) is 22.2. The molecule has 0 saturated carbocycles. The van der Waals surface area contributed by atoms with Gasteiger partial charge in [-0.1, -0.05) is 6.07 Å². The van der Waals surface area contributed by atoms with E-state index in [0.717, 1.165) is 0 Å². The van der Waals surface area contributed by atoms with Crippen molar-refractivity contribution in [3.63, 3.8) is 0 Å². The van der Waals surface area contributed by atoms with Crippen LogP contribution in [0.15, 0.2) is 35.7 Å². The summed E-state index contributed by atoms with van der Waals surface area (Å²) in [4.78, 5) is 39.6. The predicted octanol–water partition coefficient (Wildman–Crippen LogP) is 3.45. The van der Waals surface area contributed by atoms with Crippen LogP contribution in [0, 0.1) is 0 Å². The zero-order valence-electron chi connectivity index (χ0n) is 18.8. The number of anilines is 1. The molecule has 1 saturated heterocycles. The number of fused-ring (bicyclic) bond motifs is 2. The van der Waals surface area contributed by atoms with E-state index in [1.54, 1.807) is 47.7 Å². The second-order valence-electron chi connectivity index (χ2n) is 8.41. The summed E-state index contributed by atoms with van der Waals surface area (Å²) in [5.74, 6) is -1.02. The fourth-order valence-electron chi connectivity index (χ4n) is 4.18. The number of hydrogen-bond donors (Lipinski definition) is 2. The van der Waals surface area contributed by atoms with E-state index in [9.17, 15) is 27.6 Å². The van der Waals surface area contributed by atoms with Crippen molar-refractivity contribution in [3.8, 4) is 5.75 Å². The molecule has 0 radical (unpaired) electrons. The molecule has 12 heteroatoms. The molecular formula is C23H24F3N3O5S. The van der Waals surface area contributed by atoms with E-state index < -0.39 is 30.8 Å². The molecule has 188 valence electrons. The number of halogens is 3. The van der Waals surface area contributed by atoms with Crippen LogP contribution in [-0.2, 0) is 9.53 Å². The molecule has 2 N–H and O–H groups in total. The summed E-state index contributed by atoms with van der Waals surface area (Å²) in [7, 11) is 1.64. The number of carbonyl (C=O) groups excluding carboxylic acids is 3. The van der Waals surface area contributed by atoms with Gasteiger partial charge >= 0.3 is 6.18 Å². The molecule has 2 aliphatic rings. The maximum atomic E-state index is 13.3. The lowest BCUT2D eigenvalue weighted by Gasteiger charge is -2.42. The number of nitrogens with one attached hydrogen (secondary N) is 2. The molecule has 0 bridgehead atoms. The minimum Gasteiger partial charge on any atom is -0.490 e. The van der Waals surface area contributed by atoms with Gasteiger partial charge in [-0.3, -0.25) is 14.4 Å². The number of amides is 3. The van der Waals surface area contributed by atoms with Gasteiger partial charge in [0, 0.05) is 12.7 Å². The maximum Gasteiger partial charge on any atom is 0.405 e. The van der Waals surface area contributed by atoms with Gasteiger partial charge in [-0.25, -0.2) is 0 Å². The Kier molecular flexibility index (Phi) is 7.31. The van der Waals surface area contributed by atoms with Crippen LogP contribution in [0.5, 0.6) is 5.75 Å². The summed E-state index contributed by atoms with van der Waals surface area (Å²) in [5, 5.41) is 6.43. The van der Waals surface area contributed by atoms with E-state index in [2.05, 4.69) is 5.32 Å². The lowest BCUT2D eigenvalue weighted by Crippen LogP contribution is -2.54. The van der Waals surface area contributed by atoms with Crippen LogP contribution in [0.25, 0.3) is 0 Å². The third kappa shape index (κ3) is 6.12. The van der Waals surface area contributed by atoms with Gasteiger partial charge in [-0.15, -0.1) is 11.3 Å². The molecule has 4 rings (SSSR count). The Balaban J connectivity index is 1.43. The van der Waals surface area contributed by atoms with Crippen molar-refractivity contribution in [1.29, 1.82) is 0 Å². The largest absolute Gasteiger partial charge is 0.490 e. The maximum absolute atomic E-state index is 13.3. The second-order valence-corrected chi connectivity index (χ2v) is 9.35. The predicted molar refractivity (Wildman–Crippen MR) is 122 cm³/mol. The number of hydrogen-bond acceptors (Lipinski definition) is 6. The van der Waals surface area contributed by atoms with Gasteiger partial charge in [-0.2, -0.15) is 13.2 Å². The molecule has 3 heterocycles. The number of thiophene rings is 1. The fourth-order valence-corrected chi connectivity index (χ4v) is 4.80. The summed E-state index contributed by atoms with van der Waals surface area (Å²) in [5.41, 5.74) is 0.748. The van der Waals surface area contributed by atoms with E-state index in [4.69, 9.17) is 9.47 Å². The summed E-state index contributed by atoms with van der Waals surface area (Å²) >= 11 is 1.31. The summed E-state index contributed by atoms with van der Waals surface area (Å²) < 4.78 is 48.8. The molecular weight excluding hydrogens is 487 g/mol. The van der Waals surface area contributed by atoms with Crippen molar-refractivity contribution in [3.05, 3.63) is 46.2 Å². The highest BCUT2D eigenvalue weighted by Gasteiger charge is 2.39. The van der Waals surface area contributed by atoms with Gasteiger partial charge in [-0.05, 0) is 42.5 Å². The smallest absolute Gasteiger partial charge is 0.405 e. The van der Waals surface area contributed by atoms with Crippen LogP contribution >= 0.6 is 11.3 Å². The van der Waals surface area contributed by atoms with Gasteiger partial charge in [0.25, 0.3) is 11.8 Å². The highest BCUT2D eigenvalue weighted by atomic mass is 32.1. The minimum atomic E-state index is -4.48. The SMILES string of the molecule is CN1C(=O)c2cc(NC(=O)c3cccs3)ccc2OC[C@@H]2O[C@@H](CC(=O)NCC(F)(F)F)CC[C@@H]21. The van der Waals surface area contributed by atoms with Gasteiger partial charge < -0.3 is 25.0 Å². The van der Waals surface area contributed by atoms with Gasteiger partial charge in [0.2, 0.25) is 5.91 Å². The Labute approximate surface area is 203 Å². The molecule has 3 atom stereocenters. The number of nitrogens with zero attached hydrogens (tertiary/aromatic N) is 1. The molecule has 2 aromatic rings. The van der Waals surface area contributed by atoms with E-state index in [1.807, 2.05) is 5.32 Å². The van der Waals surface area contributed by atoms with Crippen molar-refractivity contribution in [2.24, 2.45) is 0 Å². The van der Waals surface area contributed by atoms with Gasteiger partial charge in [0.15, 0.2) is 0 Å². The molecule has 35 heavy (non-hydrogen) atoms. The van der Waals surface area contributed by atoms with Crippen LogP contribution in [0.4, 0.5) is 18.9 Å². The van der Waals surface area contributed by atoms with Crippen LogP contribution in [0.1, 0.15) is 39.3 Å². The van der Waals surface area contributed by atoms with Crippen LogP contribution in [0.2, 0.25) is 0 Å². The Bertz CT molecular complexity index is 1090. The monoisotopic (exact) mass is 511 g/mol. The Morgan fingerprint density at radius 3 is 2.74 bits per heavy atom. The zero-order chi connectivity index (χ0) is 25.2. The first-order valence-electron chi connectivity index (χ1n) is 11.0. The molecule has 0 aliphatic carbocycles. The lowest BCUT2D eigenvalue weighted by molar-refractivity contribution is -0.144. The first kappa shape index (κ1) is 25.0. The quantitative estimate of drug-likeness (QED) is 0.641. The third-order valence-corrected chi connectivity index (χ3v) is 6.78. The first-order valence-corrected chi connectivity index (χ1v) is 11.9. The number of benzene rings is 1. The van der Waals surface area contributed by atoms with Crippen molar-refractivity contribution in [2.45, 2.75) is 43.7 Å². The van der Waals surface area contributed by atoms with Gasteiger partial charge in [0.1, 0.15) is 25.0 Å². The topological polar surface area (TPSA) is 97.0 Å². The fraction of sp³-hybridized carbons (Fsp3) is 0.435. The molecule has 2 aliphatic heterocycles. The summed E-state index contributed by atoms with van der Waals surface area (Å²) in [6.07, 6.45) is -4.92. The Morgan fingerprint density at radius 1 is 1.23 bits per heavy atom. The van der Waals surface area contributed by atoms with E-state index in [0.29, 0.717) is 34.7 Å². The summed E-state index contributed by atoms with van der Waals surface area (Å²) in [6, 6.07) is 7.93. The average Bonchev–Trinajstić information content (AvgIpc) is 3.35. The van der Waals surface area contributed by atoms with Crippen LogP contribution in [-0.4, -0.2) is 67.2 Å². The molecule has 8 nitrogen and oxygen atoms in total. The van der Waals surface area contributed by atoms with E-state index in [1.165, 1.54) is 11.3 Å². The number of ether oxygens (including phenoxy) is 2. The highest BCUT2D eigenvalue weighted by molar-refractivity contribution is 7.12.